The van der Waals surface area contributed by atoms with Crippen LogP contribution in [0.5, 0.6) is 0 Å². The number of sulfone groups is 1. The Balaban J connectivity index is 2.64. The maximum atomic E-state index is 12.1. The summed E-state index contributed by atoms with van der Waals surface area (Å²) in [4.78, 5) is 15.2. The van der Waals surface area contributed by atoms with Gasteiger partial charge in [-0.2, -0.15) is 4.99 Å². The van der Waals surface area contributed by atoms with Crippen molar-refractivity contribution in [2.24, 2.45) is 16.5 Å². The number of guanidine groups is 1. The van der Waals surface area contributed by atoms with Crippen LogP contribution in [0.1, 0.15) is 10.4 Å². The number of rotatable bonds is 3. The van der Waals surface area contributed by atoms with E-state index < -0.39 is 21.7 Å². The number of halogens is 1. The summed E-state index contributed by atoms with van der Waals surface area (Å²) >= 11 is 6.09. The van der Waals surface area contributed by atoms with Gasteiger partial charge in [0.05, 0.1) is 21.2 Å². The lowest BCUT2D eigenvalue weighted by atomic mass is 10.2. The van der Waals surface area contributed by atoms with E-state index in [1.54, 1.807) is 24.6 Å². The highest BCUT2D eigenvalue weighted by atomic mass is 35.5. The quantitative estimate of drug-likeness (QED) is 0.531. The predicted octanol–water partition coefficient (Wildman–Crippen LogP) is 0.509. The Morgan fingerprint density at radius 1 is 1.30 bits per heavy atom. The molecule has 0 aromatic heterocycles. The zero-order valence-electron chi connectivity index (χ0n) is 12.0. The number of nitrogens with zero attached hydrogens (tertiary/aromatic N) is 2. The fourth-order valence-electron chi connectivity index (χ4n) is 1.88. The molecule has 0 fully saturated rings. The van der Waals surface area contributed by atoms with Gasteiger partial charge in [-0.25, -0.2) is 8.42 Å². The molecule has 1 aromatic carbocycles. The molecule has 122 valence electrons. The van der Waals surface area contributed by atoms with E-state index in [9.17, 15) is 13.2 Å². The minimum Gasteiger partial charge on any atom is -0.370 e. The van der Waals surface area contributed by atoms with Gasteiger partial charge >= 0.3 is 0 Å². The first kappa shape index (κ1) is 16.8. The van der Waals surface area contributed by atoms with Crippen molar-refractivity contribution < 1.29 is 13.2 Å². The van der Waals surface area contributed by atoms with E-state index in [-0.39, 0.29) is 21.2 Å². The number of hydrogen-bond acceptors (Lipinski definition) is 5. The molecule has 0 saturated heterocycles. The molecule has 0 unspecified atom stereocenters. The molecule has 0 radical (unpaired) electrons. The van der Waals surface area contributed by atoms with Crippen molar-refractivity contribution in [3.63, 3.8) is 0 Å². The Hall–Kier alpha value is -2.52. The molecular weight excluding hydrogens is 342 g/mol. The van der Waals surface area contributed by atoms with E-state index in [2.05, 4.69) is 10.4 Å². The lowest BCUT2D eigenvalue weighted by molar-refractivity contribution is 0.100. The predicted molar refractivity (Wildman–Crippen MR) is 88.6 cm³/mol. The fourth-order valence-corrected chi connectivity index (χ4v) is 2.98. The second-order valence-electron chi connectivity index (χ2n) is 4.61. The third kappa shape index (κ3) is 3.82. The van der Waals surface area contributed by atoms with Gasteiger partial charge in [0.2, 0.25) is 0 Å². The van der Waals surface area contributed by atoms with Crippen LogP contribution in [-0.2, 0) is 9.84 Å². The van der Waals surface area contributed by atoms with Gasteiger partial charge < -0.3 is 16.9 Å². The number of benzene rings is 1. The molecule has 0 atom stereocenters. The summed E-state index contributed by atoms with van der Waals surface area (Å²) in [5.74, 6) is -1.27. The van der Waals surface area contributed by atoms with Crippen LogP contribution in [0.25, 0.3) is 0 Å². The van der Waals surface area contributed by atoms with Crippen molar-refractivity contribution in [3.8, 4) is 0 Å². The number of amides is 1. The molecule has 23 heavy (non-hydrogen) atoms. The number of hydrogen-bond donors (Lipinski definition) is 3. The van der Waals surface area contributed by atoms with E-state index in [1.807, 2.05) is 0 Å². The van der Waals surface area contributed by atoms with E-state index in [0.717, 1.165) is 12.3 Å². The first-order valence-corrected chi connectivity index (χ1v) is 8.53. The molecular formula is C13H14ClN5O3S. The largest absolute Gasteiger partial charge is 0.370 e. The Bertz CT molecular complexity index is 841. The molecule has 1 amide bonds. The molecule has 1 aliphatic rings. The number of anilines is 1. The minimum atomic E-state index is -3.65. The molecule has 0 saturated carbocycles. The first-order valence-electron chi connectivity index (χ1n) is 6.26. The van der Waals surface area contributed by atoms with Crippen molar-refractivity contribution in [1.82, 2.24) is 5.43 Å². The highest BCUT2D eigenvalue weighted by Gasteiger charge is 2.23. The number of aliphatic imine (C=N–C) groups is 1. The van der Waals surface area contributed by atoms with Crippen LogP contribution in [0, 0.1) is 0 Å². The molecule has 10 heteroatoms. The summed E-state index contributed by atoms with van der Waals surface area (Å²) in [6.45, 7) is 0. The minimum absolute atomic E-state index is 0.0205. The number of allylic oxidation sites excluding steroid dienone is 2. The third-order valence-electron chi connectivity index (χ3n) is 2.82. The molecule has 0 spiro atoms. The van der Waals surface area contributed by atoms with Gasteiger partial charge in [0.25, 0.3) is 5.91 Å². The summed E-state index contributed by atoms with van der Waals surface area (Å²) in [6, 6.07) is 2.50. The van der Waals surface area contributed by atoms with Crippen molar-refractivity contribution >= 4 is 39.0 Å². The van der Waals surface area contributed by atoms with Crippen LogP contribution in [0.15, 0.2) is 46.6 Å². The van der Waals surface area contributed by atoms with E-state index in [1.165, 1.54) is 11.1 Å². The van der Waals surface area contributed by atoms with E-state index >= 15 is 0 Å². The Morgan fingerprint density at radius 3 is 2.52 bits per heavy atom. The van der Waals surface area contributed by atoms with Gasteiger partial charge in [0.1, 0.15) is 0 Å². The summed E-state index contributed by atoms with van der Waals surface area (Å²) in [5, 5.41) is 1.48. The molecule has 2 rings (SSSR count). The number of carbonyl (C=O) groups is 1. The normalized spacial score (nSPS) is 13.6. The van der Waals surface area contributed by atoms with Gasteiger partial charge in [-0.05, 0) is 24.3 Å². The number of carbonyl (C=O) groups excluding carboxylic acids is 1. The van der Waals surface area contributed by atoms with Crippen LogP contribution in [0.4, 0.5) is 5.69 Å². The number of nitrogens with two attached hydrogens (primary N) is 2. The van der Waals surface area contributed by atoms with E-state index in [4.69, 9.17) is 23.1 Å². The first-order chi connectivity index (χ1) is 10.7. The lowest BCUT2D eigenvalue weighted by Crippen LogP contribution is -2.31. The zero-order valence-corrected chi connectivity index (χ0v) is 13.6. The molecule has 0 bridgehead atoms. The zero-order chi connectivity index (χ0) is 17.2. The molecule has 0 aliphatic carbocycles. The van der Waals surface area contributed by atoms with Crippen molar-refractivity contribution in [2.45, 2.75) is 4.90 Å². The van der Waals surface area contributed by atoms with Crippen LogP contribution >= 0.6 is 11.6 Å². The smallest absolute Gasteiger partial charge is 0.281 e. The number of hydrazine groups is 1. The van der Waals surface area contributed by atoms with Crippen molar-refractivity contribution in [2.75, 3.05) is 11.3 Å². The van der Waals surface area contributed by atoms with Gasteiger partial charge in [0, 0.05) is 18.7 Å². The topological polar surface area (TPSA) is 131 Å². The molecule has 1 aromatic rings. The van der Waals surface area contributed by atoms with Gasteiger partial charge in [0.15, 0.2) is 15.8 Å². The number of nitrogens with one attached hydrogen (secondary N) is 1. The Labute approximate surface area is 138 Å². The second-order valence-corrected chi connectivity index (χ2v) is 7.00. The second kappa shape index (κ2) is 6.31. The summed E-state index contributed by atoms with van der Waals surface area (Å²) in [5.41, 5.74) is 13.3. The maximum Gasteiger partial charge on any atom is 0.281 e. The average Bonchev–Trinajstić information content (AvgIpc) is 2.45. The third-order valence-corrected chi connectivity index (χ3v) is 4.26. The molecule has 5 N–H and O–H groups in total. The van der Waals surface area contributed by atoms with Crippen LogP contribution in [0.2, 0.25) is 5.02 Å². The van der Waals surface area contributed by atoms with E-state index in [0.29, 0.717) is 0 Å². The highest BCUT2D eigenvalue weighted by molar-refractivity contribution is 7.90. The molecule has 8 nitrogen and oxygen atoms in total. The molecule has 1 heterocycles. The van der Waals surface area contributed by atoms with Crippen molar-refractivity contribution in [3.05, 3.63) is 47.3 Å². The van der Waals surface area contributed by atoms with Gasteiger partial charge in [-0.15, -0.1) is 0 Å². The SMILES string of the molecule is CS(=O)(=O)c1cc(C(=O)N=C(N)N)c(Cl)cc1N1C=CC=CN1. The van der Waals surface area contributed by atoms with Crippen LogP contribution < -0.4 is 21.9 Å². The highest BCUT2D eigenvalue weighted by Crippen LogP contribution is 2.32. The monoisotopic (exact) mass is 355 g/mol. The standard InChI is InChI=1S/C13H14ClN5O3S/c1-23(21,22)11-6-8(12(20)18-13(15)16)9(14)7-10(11)19-5-3-2-4-17-19/h2-7,17H,1H3,(H4,15,16,18,20). The Kier molecular flexibility index (Phi) is 4.62. The summed E-state index contributed by atoms with van der Waals surface area (Å²) in [6.07, 6.45) is 7.68. The fraction of sp³-hybridized carbons (Fsp3) is 0.0769. The van der Waals surface area contributed by atoms with Gasteiger partial charge in [-0.1, -0.05) is 11.6 Å². The molecule has 1 aliphatic heterocycles. The lowest BCUT2D eigenvalue weighted by Gasteiger charge is -2.24. The van der Waals surface area contributed by atoms with Crippen LogP contribution in [0.3, 0.4) is 0 Å². The average molecular weight is 356 g/mol. The Morgan fingerprint density at radius 2 is 2.00 bits per heavy atom. The van der Waals surface area contributed by atoms with Gasteiger partial charge in [-0.3, -0.25) is 9.80 Å². The summed E-state index contributed by atoms with van der Waals surface area (Å²) < 4.78 is 24.1. The summed E-state index contributed by atoms with van der Waals surface area (Å²) in [7, 11) is -3.65. The van der Waals surface area contributed by atoms with Crippen molar-refractivity contribution in [1.29, 1.82) is 0 Å². The maximum absolute atomic E-state index is 12.1. The van der Waals surface area contributed by atoms with Crippen LogP contribution in [-0.4, -0.2) is 26.5 Å².